The first kappa shape index (κ1) is 20.0. The van der Waals surface area contributed by atoms with Crippen LogP contribution in [0.5, 0.6) is 11.5 Å². The number of para-hydroxylation sites is 2. The number of carbonyl (C=O) groups is 3. The molecule has 2 aliphatic rings. The van der Waals surface area contributed by atoms with Crippen LogP contribution in [-0.2, 0) is 14.4 Å². The smallest absolute Gasteiger partial charge is 0.326 e. The van der Waals surface area contributed by atoms with Crippen LogP contribution in [0.3, 0.4) is 0 Å². The number of piperidine rings is 1. The molecule has 0 aliphatic carbocycles. The summed E-state index contributed by atoms with van der Waals surface area (Å²) in [6.45, 7) is 2.87. The van der Waals surface area contributed by atoms with Crippen LogP contribution in [0, 0.1) is 5.41 Å². The number of amides is 2. The highest BCUT2D eigenvalue weighted by Crippen LogP contribution is 2.43. The van der Waals surface area contributed by atoms with Crippen molar-refractivity contribution in [3.63, 3.8) is 0 Å². The summed E-state index contributed by atoms with van der Waals surface area (Å²) >= 11 is 0. The lowest BCUT2D eigenvalue weighted by molar-refractivity contribution is -0.149. The third kappa shape index (κ3) is 4.05. The molecule has 2 fully saturated rings. The number of benzene rings is 1. The highest BCUT2D eigenvalue weighted by molar-refractivity contribution is 5.85. The predicted octanol–water partition coefficient (Wildman–Crippen LogP) is 1.39. The topological polar surface area (TPSA) is 96.4 Å². The predicted molar refractivity (Wildman–Crippen MR) is 100 cm³/mol. The molecule has 0 bridgehead atoms. The van der Waals surface area contributed by atoms with Gasteiger partial charge in [-0.1, -0.05) is 12.1 Å². The summed E-state index contributed by atoms with van der Waals surface area (Å²) in [7, 11) is 1.52. The van der Waals surface area contributed by atoms with Crippen LogP contribution < -0.4 is 9.47 Å². The average Bonchev–Trinajstić information content (AvgIpc) is 3.06. The molecule has 8 heteroatoms. The van der Waals surface area contributed by atoms with Gasteiger partial charge in [-0.25, -0.2) is 4.79 Å². The number of rotatable bonds is 5. The summed E-state index contributed by atoms with van der Waals surface area (Å²) in [5.41, 5.74) is -0.255. The largest absolute Gasteiger partial charge is 0.493 e. The van der Waals surface area contributed by atoms with Crippen molar-refractivity contribution in [1.29, 1.82) is 0 Å². The molecule has 8 nitrogen and oxygen atoms in total. The van der Waals surface area contributed by atoms with Crippen LogP contribution in [-0.4, -0.2) is 72.1 Å². The molecule has 152 valence electrons. The van der Waals surface area contributed by atoms with E-state index in [2.05, 4.69) is 0 Å². The van der Waals surface area contributed by atoms with E-state index in [9.17, 15) is 19.5 Å². The van der Waals surface area contributed by atoms with E-state index in [1.807, 2.05) is 0 Å². The molecular weight excluding hydrogens is 364 g/mol. The molecule has 0 aromatic heterocycles. The number of carboxylic acid groups (broad SMARTS) is 1. The van der Waals surface area contributed by atoms with E-state index in [0.717, 1.165) is 0 Å². The Bertz CT molecular complexity index is 757. The first-order chi connectivity index (χ1) is 13.3. The second-order valence-electron chi connectivity index (χ2n) is 7.53. The summed E-state index contributed by atoms with van der Waals surface area (Å²) < 4.78 is 10.8. The van der Waals surface area contributed by atoms with Crippen LogP contribution >= 0.6 is 0 Å². The van der Waals surface area contributed by atoms with Gasteiger partial charge in [0.05, 0.1) is 7.11 Å². The van der Waals surface area contributed by atoms with Gasteiger partial charge in [-0.15, -0.1) is 0 Å². The number of likely N-dealkylation sites (tertiary alicyclic amines) is 2. The minimum atomic E-state index is -1.00. The van der Waals surface area contributed by atoms with Crippen LogP contribution in [0.15, 0.2) is 24.3 Å². The Labute approximate surface area is 164 Å². The van der Waals surface area contributed by atoms with Crippen molar-refractivity contribution in [3.05, 3.63) is 24.3 Å². The van der Waals surface area contributed by atoms with Crippen molar-refractivity contribution in [2.45, 2.75) is 32.2 Å². The standard InChI is InChI=1S/C20H26N2O6/c1-14(23)21-9-7-20(8-10-21)11-15(19(25)26)22(13-20)18(24)12-28-17-6-4-3-5-16(17)27-2/h3-6,15H,7-13H2,1-2H3,(H,25,26). The maximum Gasteiger partial charge on any atom is 0.326 e. The molecule has 1 N–H and O–H groups in total. The van der Waals surface area contributed by atoms with Gasteiger partial charge in [0, 0.05) is 26.6 Å². The van der Waals surface area contributed by atoms with Crippen molar-refractivity contribution in [1.82, 2.24) is 9.80 Å². The minimum Gasteiger partial charge on any atom is -0.493 e. The van der Waals surface area contributed by atoms with Crippen molar-refractivity contribution >= 4 is 17.8 Å². The first-order valence-electron chi connectivity index (χ1n) is 9.39. The van der Waals surface area contributed by atoms with E-state index in [-0.39, 0.29) is 23.8 Å². The van der Waals surface area contributed by atoms with Gasteiger partial charge in [0.15, 0.2) is 18.1 Å². The minimum absolute atomic E-state index is 0.0285. The molecule has 2 amide bonds. The number of ether oxygens (including phenoxy) is 2. The number of nitrogens with zero attached hydrogens (tertiary/aromatic N) is 2. The lowest BCUT2D eigenvalue weighted by Crippen LogP contribution is -2.45. The third-order valence-corrected chi connectivity index (χ3v) is 5.80. The SMILES string of the molecule is COc1ccccc1OCC(=O)N1CC2(CCN(C(C)=O)CC2)CC1C(=O)O. The number of carboxylic acids is 1. The van der Waals surface area contributed by atoms with Gasteiger partial charge in [0.25, 0.3) is 5.91 Å². The molecule has 2 heterocycles. The highest BCUT2D eigenvalue weighted by Gasteiger charge is 2.50. The van der Waals surface area contributed by atoms with Gasteiger partial charge in [-0.3, -0.25) is 9.59 Å². The van der Waals surface area contributed by atoms with Gasteiger partial charge in [-0.05, 0) is 36.8 Å². The van der Waals surface area contributed by atoms with Crippen LogP contribution in [0.2, 0.25) is 0 Å². The highest BCUT2D eigenvalue weighted by atomic mass is 16.5. The molecule has 0 radical (unpaired) electrons. The van der Waals surface area contributed by atoms with E-state index >= 15 is 0 Å². The molecular formula is C20H26N2O6. The number of aliphatic carboxylic acids is 1. The van der Waals surface area contributed by atoms with Crippen molar-refractivity contribution in [2.75, 3.05) is 33.4 Å². The molecule has 1 aromatic carbocycles. The van der Waals surface area contributed by atoms with Gasteiger partial charge >= 0.3 is 5.97 Å². The molecule has 1 spiro atoms. The monoisotopic (exact) mass is 390 g/mol. The zero-order chi connectivity index (χ0) is 20.3. The van der Waals surface area contributed by atoms with Crippen LogP contribution in [0.25, 0.3) is 0 Å². The molecule has 2 saturated heterocycles. The Morgan fingerprint density at radius 1 is 1.18 bits per heavy atom. The quantitative estimate of drug-likeness (QED) is 0.816. The molecule has 28 heavy (non-hydrogen) atoms. The van der Waals surface area contributed by atoms with Crippen molar-refractivity contribution < 1.29 is 29.0 Å². The number of methoxy groups -OCH3 is 1. The van der Waals surface area contributed by atoms with Crippen LogP contribution in [0.4, 0.5) is 0 Å². The lowest BCUT2D eigenvalue weighted by Gasteiger charge is -2.38. The Balaban J connectivity index is 1.67. The first-order valence-corrected chi connectivity index (χ1v) is 9.39. The summed E-state index contributed by atoms with van der Waals surface area (Å²) in [4.78, 5) is 39.3. The Morgan fingerprint density at radius 3 is 2.39 bits per heavy atom. The Kier molecular flexibility index (Phi) is 5.76. The number of carbonyl (C=O) groups excluding carboxylic acids is 2. The zero-order valence-corrected chi connectivity index (χ0v) is 16.2. The third-order valence-electron chi connectivity index (χ3n) is 5.80. The normalized spacial score (nSPS) is 20.9. The lowest BCUT2D eigenvalue weighted by atomic mass is 9.76. The Morgan fingerprint density at radius 2 is 1.82 bits per heavy atom. The van der Waals surface area contributed by atoms with E-state index in [1.54, 1.807) is 29.2 Å². The summed E-state index contributed by atoms with van der Waals surface area (Å²) in [6, 6.07) is 6.14. The Hall–Kier alpha value is -2.77. The summed E-state index contributed by atoms with van der Waals surface area (Å²) in [5, 5.41) is 9.63. The van der Waals surface area contributed by atoms with Gasteiger partial charge in [-0.2, -0.15) is 0 Å². The van der Waals surface area contributed by atoms with Crippen molar-refractivity contribution in [2.24, 2.45) is 5.41 Å². The van der Waals surface area contributed by atoms with E-state index < -0.39 is 12.0 Å². The van der Waals surface area contributed by atoms with Gasteiger partial charge in [0.2, 0.25) is 5.91 Å². The van der Waals surface area contributed by atoms with E-state index in [0.29, 0.717) is 50.4 Å². The molecule has 1 atom stereocenters. The fraction of sp³-hybridized carbons (Fsp3) is 0.550. The summed E-state index contributed by atoms with van der Waals surface area (Å²) in [6.07, 6.45) is 1.81. The molecule has 2 aliphatic heterocycles. The van der Waals surface area contributed by atoms with E-state index in [1.165, 1.54) is 18.9 Å². The number of hydrogen-bond donors (Lipinski definition) is 1. The van der Waals surface area contributed by atoms with E-state index in [4.69, 9.17) is 9.47 Å². The second kappa shape index (κ2) is 8.08. The van der Waals surface area contributed by atoms with Gasteiger partial charge < -0.3 is 24.4 Å². The van der Waals surface area contributed by atoms with Crippen molar-refractivity contribution in [3.8, 4) is 11.5 Å². The average molecular weight is 390 g/mol. The summed E-state index contributed by atoms with van der Waals surface area (Å²) in [5.74, 6) is -0.380. The fourth-order valence-electron chi connectivity index (χ4n) is 4.16. The molecule has 1 aromatic rings. The molecule has 3 rings (SSSR count). The second-order valence-corrected chi connectivity index (χ2v) is 7.53. The van der Waals surface area contributed by atoms with Crippen LogP contribution in [0.1, 0.15) is 26.2 Å². The zero-order valence-electron chi connectivity index (χ0n) is 16.2. The maximum atomic E-state index is 12.8. The van der Waals surface area contributed by atoms with Gasteiger partial charge in [0.1, 0.15) is 6.04 Å². The maximum absolute atomic E-state index is 12.8. The molecule has 0 saturated carbocycles. The number of hydrogen-bond acceptors (Lipinski definition) is 5. The fourth-order valence-corrected chi connectivity index (χ4v) is 4.16. The molecule has 1 unspecified atom stereocenters.